The number of nitrogens with zero attached hydrogens (tertiary/aromatic N) is 4. The Morgan fingerprint density at radius 3 is 0.838 bits per heavy atom. The zero-order valence-electron chi connectivity index (χ0n) is 37.2. The molecule has 0 aliphatic carbocycles. The number of aromatic nitrogens is 2. The number of benzene rings is 8. The Morgan fingerprint density at radius 1 is 0.265 bits per heavy atom. The van der Waals surface area contributed by atoms with Crippen molar-refractivity contribution in [2.45, 2.75) is 0 Å². The highest BCUT2D eigenvalue weighted by Gasteiger charge is 2.14. The molecule has 0 atom stereocenters. The van der Waals surface area contributed by atoms with E-state index in [1.165, 1.54) is 0 Å². The summed E-state index contributed by atoms with van der Waals surface area (Å²) < 4.78 is 12.5. The van der Waals surface area contributed by atoms with Gasteiger partial charge < -0.3 is 19.3 Å². The van der Waals surface area contributed by atoms with E-state index in [0.29, 0.717) is 0 Å². The summed E-state index contributed by atoms with van der Waals surface area (Å²) in [6, 6.07) is 82.1. The van der Waals surface area contributed by atoms with E-state index in [1.807, 2.05) is 97.3 Å². The van der Waals surface area contributed by atoms with Crippen molar-refractivity contribution < 1.29 is 9.47 Å². The molecule has 10 aromatic rings. The van der Waals surface area contributed by atoms with Crippen LogP contribution in [0.5, 0.6) is 23.0 Å². The lowest BCUT2D eigenvalue weighted by Crippen LogP contribution is -2.09. The summed E-state index contributed by atoms with van der Waals surface area (Å²) in [5.74, 6) is 3.07. The van der Waals surface area contributed by atoms with Crippen LogP contribution >= 0.6 is 0 Å². The first-order valence-electron chi connectivity index (χ1n) is 22.5. The summed E-state index contributed by atoms with van der Waals surface area (Å²) in [5, 5.41) is 0. The third-order valence-electron chi connectivity index (χ3n) is 11.2. The Kier molecular flexibility index (Phi) is 13.0. The monoisotopic (exact) mass is 878 g/mol. The Bertz CT molecular complexity index is 2930. The maximum atomic E-state index is 6.24. The average Bonchev–Trinajstić information content (AvgIpc) is 3.41. The minimum absolute atomic E-state index is 0.767. The molecule has 0 radical (unpaired) electrons. The summed E-state index contributed by atoms with van der Waals surface area (Å²) in [5.41, 5.74) is 12.2. The molecular weight excluding hydrogens is 833 g/mol. The molecule has 6 heteroatoms. The number of pyridine rings is 2. The summed E-state index contributed by atoms with van der Waals surface area (Å²) in [6.45, 7) is 0. The molecule has 0 spiro atoms. The van der Waals surface area contributed by atoms with E-state index in [4.69, 9.17) is 9.47 Å². The summed E-state index contributed by atoms with van der Waals surface area (Å²) in [6.07, 6.45) is 12.0. The maximum absolute atomic E-state index is 6.24. The van der Waals surface area contributed by atoms with Gasteiger partial charge in [0, 0.05) is 46.5 Å². The Balaban J connectivity index is 0.744. The number of ether oxygens (including phenoxy) is 2. The van der Waals surface area contributed by atoms with Gasteiger partial charge in [-0.3, -0.25) is 9.97 Å². The van der Waals surface area contributed by atoms with Crippen LogP contribution in [0.2, 0.25) is 0 Å². The molecule has 0 saturated carbocycles. The van der Waals surface area contributed by atoms with E-state index in [-0.39, 0.29) is 0 Å². The molecule has 68 heavy (non-hydrogen) atoms. The van der Waals surface area contributed by atoms with E-state index < -0.39 is 0 Å². The molecule has 0 aliphatic rings. The fourth-order valence-electron chi connectivity index (χ4n) is 7.86. The molecule has 6 nitrogen and oxygen atoms in total. The van der Waals surface area contributed by atoms with Crippen molar-refractivity contribution in [1.29, 1.82) is 0 Å². The third kappa shape index (κ3) is 10.6. The van der Waals surface area contributed by atoms with E-state index >= 15 is 0 Å². The van der Waals surface area contributed by atoms with Gasteiger partial charge in [0.05, 0.1) is 11.4 Å². The Hall–Kier alpha value is -9.26. The molecule has 0 amide bonds. The first kappa shape index (κ1) is 42.7. The summed E-state index contributed by atoms with van der Waals surface area (Å²) in [4.78, 5) is 13.8. The second kappa shape index (κ2) is 20.7. The van der Waals surface area contributed by atoms with Crippen LogP contribution in [0, 0.1) is 0 Å². The van der Waals surface area contributed by atoms with Crippen molar-refractivity contribution in [1.82, 2.24) is 9.97 Å². The minimum Gasteiger partial charge on any atom is -0.457 e. The van der Waals surface area contributed by atoms with Crippen LogP contribution in [-0.2, 0) is 0 Å². The van der Waals surface area contributed by atoms with Gasteiger partial charge in [0.2, 0.25) is 0 Å². The molecule has 8 aromatic carbocycles. The molecule has 0 saturated heterocycles. The molecule has 10 rings (SSSR count). The molecule has 0 fully saturated rings. The molecular formula is C62H46N4O2. The number of hydrogen-bond acceptors (Lipinski definition) is 6. The number of para-hydroxylation sites is 4. The van der Waals surface area contributed by atoms with Gasteiger partial charge in [0.1, 0.15) is 23.0 Å². The van der Waals surface area contributed by atoms with Gasteiger partial charge in [-0.25, -0.2) is 0 Å². The maximum Gasteiger partial charge on any atom is 0.127 e. The van der Waals surface area contributed by atoms with Crippen molar-refractivity contribution in [2.75, 3.05) is 9.80 Å². The van der Waals surface area contributed by atoms with Crippen LogP contribution in [0.4, 0.5) is 34.1 Å². The van der Waals surface area contributed by atoms with Gasteiger partial charge in [-0.15, -0.1) is 0 Å². The Morgan fingerprint density at radius 2 is 0.529 bits per heavy atom. The van der Waals surface area contributed by atoms with Gasteiger partial charge in [-0.2, -0.15) is 0 Å². The number of hydrogen-bond donors (Lipinski definition) is 0. The van der Waals surface area contributed by atoms with Crippen LogP contribution in [0.15, 0.2) is 255 Å². The average molecular weight is 879 g/mol. The van der Waals surface area contributed by atoms with Crippen LogP contribution in [0.1, 0.15) is 22.3 Å². The predicted molar refractivity (Wildman–Crippen MR) is 281 cm³/mol. The smallest absolute Gasteiger partial charge is 0.127 e. The van der Waals surface area contributed by atoms with Crippen LogP contribution in [-0.4, -0.2) is 9.97 Å². The normalized spacial score (nSPS) is 11.1. The third-order valence-corrected chi connectivity index (χ3v) is 11.2. The van der Waals surface area contributed by atoms with Crippen LogP contribution in [0.25, 0.3) is 35.7 Å². The zero-order chi connectivity index (χ0) is 45.7. The first-order valence-corrected chi connectivity index (χ1v) is 22.5. The summed E-state index contributed by atoms with van der Waals surface area (Å²) in [7, 11) is 0. The van der Waals surface area contributed by atoms with Crippen molar-refractivity contribution in [3.05, 3.63) is 277 Å². The largest absolute Gasteiger partial charge is 0.457 e. The van der Waals surface area contributed by atoms with Crippen LogP contribution < -0.4 is 19.3 Å². The van der Waals surface area contributed by atoms with Crippen molar-refractivity contribution in [3.63, 3.8) is 0 Å². The standard InChI is InChI=1S/C62H46N4O2/c1-5-13-51(14-6-1)65(52-15-7-2-8-16-52)55-29-37-59(38-30-55)67-57-33-25-47(26-34-57)21-23-49-41-43-63-61(45-49)62-46-50(42-44-64-62)24-22-48-27-35-58(36-28-48)68-60-39-31-56(32-40-60)66(53-17-9-3-10-18-53)54-19-11-4-12-20-54/h1-46H. The zero-order valence-corrected chi connectivity index (χ0v) is 37.2. The van der Waals surface area contributed by atoms with Crippen molar-refractivity contribution in [3.8, 4) is 34.4 Å². The van der Waals surface area contributed by atoms with Crippen molar-refractivity contribution >= 4 is 58.4 Å². The molecule has 2 heterocycles. The second-order valence-electron chi connectivity index (χ2n) is 16.0. The van der Waals surface area contributed by atoms with Crippen LogP contribution in [0.3, 0.4) is 0 Å². The van der Waals surface area contributed by atoms with Gasteiger partial charge in [-0.05, 0) is 168 Å². The Labute approximate surface area is 397 Å². The van der Waals surface area contributed by atoms with Gasteiger partial charge >= 0.3 is 0 Å². The molecule has 0 aliphatic heterocycles. The SMILES string of the molecule is C(=Cc1ccnc(-c2cc(C=Cc3ccc(Oc4ccc(N(c5ccccc5)c5ccccc5)cc4)cc3)ccn2)c1)c1ccc(Oc2ccc(N(c3ccccc3)c3ccccc3)cc2)cc1. The lowest BCUT2D eigenvalue weighted by molar-refractivity contribution is 0.482. The van der Waals surface area contributed by atoms with Crippen molar-refractivity contribution in [2.24, 2.45) is 0 Å². The summed E-state index contributed by atoms with van der Waals surface area (Å²) >= 11 is 0. The predicted octanol–water partition coefficient (Wildman–Crippen LogP) is 17.0. The lowest BCUT2D eigenvalue weighted by Gasteiger charge is -2.25. The van der Waals surface area contributed by atoms with E-state index in [9.17, 15) is 0 Å². The highest BCUT2D eigenvalue weighted by molar-refractivity contribution is 5.79. The molecule has 2 aromatic heterocycles. The lowest BCUT2D eigenvalue weighted by atomic mass is 10.1. The number of rotatable bonds is 15. The molecule has 326 valence electrons. The van der Waals surface area contributed by atoms with Gasteiger partial charge in [0.15, 0.2) is 0 Å². The molecule has 0 N–H and O–H groups in total. The highest BCUT2D eigenvalue weighted by atomic mass is 16.5. The minimum atomic E-state index is 0.767. The number of anilines is 6. The van der Waals surface area contributed by atoms with Gasteiger partial charge in [0.25, 0.3) is 0 Å². The molecule has 0 unspecified atom stereocenters. The fraction of sp³-hybridized carbons (Fsp3) is 0. The van der Waals surface area contributed by atoms with E-state index in [1.54, 1.807) is 0 Å². The second-order valence-corrected chi connectivity index (χ2v) is 16.0. The molecule has 0 bridgehead atoms. The van der Waals surface area contributed by atoms with E-state index in [2.05, 4.69) is 202 Å². The fourth-order valence-corrected chi connectivity index (χ4v) is 7.86. The van der Waals surface area contributed by atoms with E-state index in [0.717, 1.165) is 90.8 Å². The highest BCUT2D eigenvalue weighted by Crippen LogP contribution is 2.37. The first-order chi connectivity index (χ1) is 33.7. The quantitative estimate of drug-likeness (QED) is 0.102. The van der Waals surface area contributed by atoms with Gasteiger partial charge in [-0.1, -0.05) is 121 Å². The topological polar surface area (TPSA) is 50.7 Å².